The standard InChI is InChI=1S/C22H21ClO3/c23-14-20(24)19-11-12-21(25-15-17-7-3-1-4-8-17)22(13-19)26-16-18-9-5-2-6-10-18/h1-13,20,24H,14-16H2/t20-/m0/s1. The lowest BCUT2D eigenvalue weighted by molar-refractivity contribution is 0.200. The lowest BCUT2D eigenvalue weighted by atomic mass is 10.1. The quantitative estimate of drug-likeness (QED) is 0.561. The summed E-state index contributed by atoms with van der Waals surface area (Å²) < 4.78 is 11.9. The van der Waals surface area contributed by atoms with Gasteiger partial charge in [0.05, 0.1) is 12.0 Å². The Morgan fingerprint density at radius 3 is 1.81 bits per heavy atom. The van der Waals surface area contributed by atoms with E-state index in [0.717, 1.165) is 11.1 Å². The molecule has 134 valence electrons. The number of benzene rings is 3. The molecule has 4 heteroatoms. The van der Waals surface area contributed by atoms with Crippen molar-refractivity contribution in [3.05, 3.63) is 95.6 Å². The number of ether oxygens (including phenoxy) is 2. The van der Waals surface area contributed by atoms with E-state index in [2.05, 4.69) is 0 Å². The Morgan fingerprint density at radius 1 is 0.731 bits per heavy atom. The van der Waals surface area contributed by atoms with E-state index >= 15 is 0 Å². The smallest absolute Gasteiger partial charge is 0.162 e. The number of hydrogen-bond acceptors (Lipinski definition) is 3. The number of hydrogen-bond donors (Lipinski definition) is 1. The summed E-state index contributed by atoms with van der Waals surface area (Å²) in [6, 6.07) is 25.3. The van der Waals surface area contributed by atoms with E-state index in [9.17, 15) is 5.11 Å². The molecular formula is C22H21ClO3. The Morgan fingerprint density at radius 2 is 1.27 bits per heavy atom. The summed E-state index contributed by atoms with van der Waals surface area (Å²) in [5.41, 5.74) is 2.84. The highest BCUT2D eigenvalue weighted by atomic mass is 35.5. The summed E-state index contributed by atoms with van der Waals surface area (Å²) in [5, 5.41) is 10.0. The van der Waals surface area contributed by atoms with Gasteiger partial charge in [-0.1, -0.05) is 66.7 Å². The summed E-state index contributed by atoms with van der Waals surface area (Å²) in [4.78, 5) is 0. The zero-order chi connectivity index (χ0) is 18.2. The van der Waals surface area contributed by atoms with Gasteiger partial charge in [0, 0.05) is 0 Å². The first-order valence-corrected chi connectivity index (χ1v) is 9.01. The summed E-state index contributed by atoms with van der Waals surface area (Å²) >= 11 is 5.77. The maximum absolute atomic E-state index is 10.0. The van der Waals surface area contributed by atoms with E-state index in [1.807, 2.05) is 72.8 Å². The van der Waals surface area contributed by atoms with E-state index in [1.54, 1.807) is 6.07 Å². The fourth-order valence-corrected chi connectivity index (χ4v) is 2.70. The van der Waals surface area contributed by atoms with Crippen LogP contribution in [0.15, 0.2) is 78.9 Å². The SMILES string of the molecule is O[C@@H](CCl)c1ccc(OCc2ccccc2)c(OCc2ccccc2)c1. The van der Waals surface area contributed by atoms with Gasteiger partial charge in [0.1, 0.15) is 13.2 Å². The van der Waals surface area contributed by atoms with Crippen LogP contribution in [0.25, 0.3) is 0 Å². The molecule has 26 heavy (non-hydrogen) atoms. The Hall–Kier alpha value is -2.49. The van der Waals surface area contributed by atoms with Gasteiger partial charge in [-0.2, -0.15) is 0 Å². The zero-order valence-corrected chi connectivity index (χ0v) is 15.1. The van der Waals surface area contributed by atoms with Crippen LogP contribution in [0.2, 0.25) is 0 Å². The molecular weight excluding hydrogens is 348 g/mol. The molecule has 0 bridgehead atoms. The minimum Gasteiger partial charge on any atom is -0.485 e. The van der Waals surface area contributed by atoms with Crippen molar-refractivity contribution in [2.24, 2.45) is 0 Å². The molecule has 0 heterocycles. The van der Waals surface area contributed by atoms with Crippen LogP contribution in [0.4, 0.5) is 0 Å². The van der Waals surface area contributed by atoms with Crippen molar-refractivity contribution in [1.82, 2.24) is 0 Å². The van der Waals surface area contributed by atoms with Crippen LogP contribution in [-0.4, -0.2) is 11.0 Å². The summed E-state index contributed by atoms with van der Waals surface area (Å²) in [6.45, 7) is 0.864. The van der Waals surface area contributed by atoms with Crippen LogP contribution in [0.3, 0.4) is 0 Å². The molecule has 1 N–H and O–H groups in total. The molecule has 0 radical (unpaired) electrons. The van der Waals surface area contributed by atoms with Gasteiger partial charge in [0.15, 0.2) is 11.5 Å². The molecule has 1 atom stereocenters. The maximum Gasteiger partial charge on any atom is 0.162 e. The van der Waals surface area contributed by atoms with Crippen molar-refractivity contribution >= 4 is 11.6 Å². The largest absolute Gasteiger partial charge is 0.485 e. The highest BCUT2D eigenvalue weighted by Gasteiger charge is 2.12. The molecule has 0 aliphatic rings. The first kappa shape index (κ1) is 18.3. The number of aliphatic hydroxyl groups excluding tert-OH is 1. The average molecular weight is 369 g/mol. The number of aliphatic hydroxyl groups is 1. The van der Waals surface area contributed by atoms with Gasteiger partial charge in [-0.3, -0.25) is 0 Å². The van der Waals surface area contributed by atoms with Gasteiger partial charge in [-0.25, -0.2) is 0 Å². The second kappa shape index (κ2) is 9.27. The molecule has 0 aromatic heterocycles. The molecule has 3 nitrogen and oxygen atoms in total. The van der Waals surface area contributed by atoms with Crippen molar-refractivity contribution in [2.45, 2.75) is 19.3 Å². The van der Waals surface area contributed by atoms with E-state index in [4.69, 9.17) is 21.1 Å². The van der Waals surface area contributed by atoms with Gasteiger partial charge in [0.2, 0.25) is 0 Å². The fraction of sp³-hybridized carbons (Fsp3) is 0.182. The second-order valence-corrected chi connectivity index (χ2v) is 6.23. The minimum atomic E-state index is -0.737. The summed E-state index contributed by atoms with van der Waals surface area (Å²) in [5.74, 6) is 1.35. The molecule has 0 spiro atoms. The van der Waals surface area contributed by atoms with Gasteiger partial charge in [0.25, 0.3) is 0 Å². The third-order valence-corrected chi connectivity index (χ3v) is 4.27. The van der Waals surface area contributed by atoms with Crippen molar-refractivity contribution in [3.8, 4) is 11.5 Å². The van der Waals surface area contributed by atoms with Gasteiger partial charge in [-0.05, 0) is 28.8 Å². The van der Waals surface area contributed by atoms with Crippen LogP contribution in [0, 0.1) is 0 Å². The molecule has 0 unspecified atom stereocenters. The predicted octanol–water partition coefficient (Wildman–Crippen LogP) is 5.12. The van der Waals surface area contributed by atoms with Gasteiger partial charge >= 0.3 is 0 Å². The molecule has 3 rings (SSSR count). The Balaban J connectivity index is 1.77. The Kier molecular flexibility index (Phi) is 6.53. The number of alkyl halides is 1. The topological polar surface area (TPSA) is 38.7 Å². The molecule has 0 saturated heterocycles. The van der Waals surface area contributed by atoms with E-state index in [0.29, 0.717) is 30.3 Å². The van der Waals surface area contributed by atoms with Crippen LogP contribution in [0.5, 0.6) is 11.5 Å². The molecule has 0 fully saturated rings. The maximum atomic E-state index is 10.0. The first-order chi connectivity index (χ1) is 12.8. The van der Waals surface area contributed by atoms with Crippen LogP contribution in [-0.2, 0) is 13.2 Å². The van der Waals surface area contributed by atoms with E-state index in [-0.39, 0.29) is 5.88 Å². The third-order valence-electron chi connectivity index (χ3n) is 3.97. The van der Waals surface area contributed by atoms with Crippen LogP contribution in [0.1, 0.15) is 22.8 Å². The molecule has 0 amide bonds. The Labute approximate surface area is 158 Å². The monoisotopic (exact) mass is 368 g/mol. The molecule has 0 saturated carbocycles. The van der Waals surface area contributed by atoms with E-state index in [1.165, 1.54) is 0 Å². The molecule has 3 aromatic rings. The van der Waals surface area contributed by atoms with Gasteiger partial charge < -0.3 is 14.6 Å². The molecule has 0 aliphatic carbocycles. The summed E-state index contributed by atoms with van der Waals surface area (Å²) in [6.07, 6.45) is -0.737. The number of rotatable bonds is 8. The zero-order valence-electron chi connectivity index (χ0n) is 14.3. The van der Waals surface area contributed by atoms with Crippen LogP contribution >= 0.6 is 11.6 Å². The highest BCUT2D eigenvalue weighted by Crippen LogP contribution is 2.32. The predicted molar refractivity (Wildman–Crippen MR) is 104 cm³/mol. The van der Waals surface area contributed by atoms with Gasteiger partial charge in [-0.15, -0.1) is 11.6 Å². The molecule has 0 aliphatic heterocycles. The fourth-order valence-electron chi connectivity index (χ4n) is 2.52. The lowest BCUT2D eigenvalue weighted by Gasteiger charge is -2.16. The van der Waals surface area contributed by atoms with Crippen molar-refractivity contribution < 1.29 is 14.6 Å². The van der Waals surface area contributed by atoms with Crippen LogP contribution < -0.4 is 9.47 Å². The first-order valence-electron chi connectivity index (χ1n) is 8.47. The summed E-state index contributed by atoms with van der Waals surface area (Å²) in [7, 11) is 0. The highest BCUT2D eigenvalue weighted by molar-refractivity contribution is 6.18. The lowest BCUT2D eigenvalue weighted by Crippen LogP contribution is -2.03. The van der Waals surface area contributed by atoms with Crippen molar-refractivity contribution in [2.75, 3.05) is 5.88 Å². The normalized spacial score (nSPS) is 11.8. The number of halogens is 1. The third kappa shape index (κ3) is 5.01. The minimum absolute atomic E-state index is 0.127. The Bertz CT molecular complexity index is 806. The average Bonchev–Trinajstić information content (AvgIpc) is 2.72. The second-order valence-electron chi connectivity index (χ2n) is 5.92. The molecule has 3 aromatic carbocycles. The van der Waals surface area contributed by atoms with Crippen molar-refractivity contribution in [1.29, 1.82) is 0 Å². The van der Waals surface area contributed by atoms with Crippen molar-refractivity contribution in [3.63, 3.8) is 0 Å². The van der Waals surface area contributed by atoms with E-state index < -0.39 is 6.10 Å².